The molecule has 1 unspecified atom stereocenters. The molecule has 0 bridgehead atoms. The van der Waals surface area contributed by atoms with Crippen molar-refractivity contribution in [2.45, 2.75) is 25.4 Å². The number of rotatable bonds is 8. The van der Waals surface area contributed by atoms with Gasteiger partial charge >= 0.3 is 5.97 Å². The quantitative estimate of drug-likeness (QED) is 0.683. The van der Waals surface area contributed by atoms with Crippen LogP contribution in [-0.2, 0) is 15.9 Å². The number of ether oxygens (including phenoxy) is 3. The SMILES string of the molecule is COc1ccc(-c2oc3c(c2C(=O)OCCO)C(OCCO)CCC3)cc1. The number of esters is 1. The Morgan fingerprint density at radius 3 is 2.59 bits per heavy atom. The number of benzene rings is 1. The van der Waals surface area contributed by atoms with Crippen molar-refractivity contribution in [2.24, 2.45) is 0 Å². The van der Waals surface area contributed by atoms with Gasteiger partial charge in [0.05, 0.1) is 33.0 Å². The van der Waals surface area contributed by atoms with Crippen molar-refractivity contribution in [1.82, 2.24) is 0 Å². The molecular weight excluding hydrogens is 352 g/mol. The normalized spacial score (nSPS) is 16.0. The van der Waals surface area contributed by atoms with Crippen LogP contribution in [0.25, 0.3) is 11.3 Å². The summed E-state index contributed by atoms with van der Waals surface area (Å²) in [6, 6.07) is 7.21. The van der Waals surface area contributed by atoms with Crippen LogP contribution in [0.3, 0.4) is 0 Å². The lowest BCUT2D eigenvalue weighted by Gasteiger charge is -2.22. The molecule has 0 amide bonds. The average molecular weight is 376 g/mol. The standard InChI is InChI=1S/C20H24O7/c1-24-14-7-5-13(6-8-14)19-18(20(23)26-12-10-22)17-15(25-11-9-21)3-2-4-16(17)27-19/h5-8,15,21-22H,2-4,9-12H2,1H3. The second kappa shape index (κ2) is 9.03. The minimum absolute atomic E-state index is 0.0942. The zero-order chi connectivity index (χ0) is 19.2. The molecule has 0 aliphatic heterocycles. The molecule has 1 heterocycles. The molecule has 1 atom stereocenters. The fourth-order valence-electron chi connectivity index (χ4n) is 3.33. The Kier molecular flexibility index (Phi) is 6.49. The molecule has 27 heavy (non-hydrogen) atoms. The van der Waals surface area contributed by atoms with Crippen LogP contribution in [0.1, 0.15) is 40.6 Å². The van der Waals surface area contributed by atoms with E-state index in [1.54, 1.807) is 19.2 Å². The van der Waals surface area contributed by atoms with E-state index in [4.69, 9.17) is 28.8 Å². The van der Waals surface area contributed by atoms with Gasteiger partial charge < -0.3 is 28.8 Å². The second-order valence-electron chi connectivity index (χ2n) is 6.21. The van der Waals surface area contributed by atoms with Crippen LogP contribution in [0, 0.1) is 0 Å². The number of hydrogen-bond acceptors (Lipinski definition) is 7. The fourth-order valence-corrected chi connectivity index (χ4v) is 3.33. The number of aliphatic hydroxyl groups excluding tert-OH is 2. The van der Waals surface area contributed by atoms with Crippen LogP contribution >= 0.6 is 0 Å². The molecule has 1 aromatic heterocycles. The molecule has 1 aromatic carbocycles. The third kappa shape index (κ3) is 4.16. The number of furan rings is 1. The van der Waals surface area contributed by atoms with Crippen LogP contribution in [-0.4, -0.2) is 49.7 Å². The lowest BCUT2D eigenvalue weighted by Crippen LogP contribution is -2.18. The monoisotopic (exact) mass is 376 g/mol. The Morgan fingerprint density at radius 2 is 1.93 bits per heavy atom. The molecule has 146 valence electrons. The van der Waals surface area contributed by atoms with E-state index in [0.29, 0.717) is 34.8 Å². The molecule has 0 spiro atoms. The summed E-state index contributed by atoms with van der Waals surface area (Å²) in [6.45, 7) is -0.269. The number of methoxy groups -OCH3 is 1. The predicted molar refractivity (Wildman–Crippen MR) is 96.8 cm³/mol. The summed E-state index contributed by atoms with van der Waals surface area (Å²) in [6.07, 6.45) is 1.96. The van der Waals surface area contributed by atoms with Crippen LogP contribution in [0.15, 0.2) is 28.7 Å². The molecule has 7 nitrogen and oxygen atoms in total. The van der Waals surface area contributed by atoms with E-state index in [-0.39, 0.29) is 32.5 Å². The number of aryl methyl sites for hydroxylation is 1. The van der Waals surface area contributed by atoms with Gasteiger partial charge in [-0.05, 0) is 37.1 Å². The van der Waals surface area contributed by atoms with Gasteiger partial charge in [0, 0.05) is 17.5 Å². The van der Waals surface area contributed by atoms with Crippen LogP contribution in [0.2, 0.25) is 0 Å². The minimum atomic E-state index is -0.556. The van der Waals surface area contributed by atoms with Gasteiger partial charge in [-0.3, -0.25) is 0 Å². The maximum Gasteiger partial charge on any atom is 0.342 e. The Labute approximate surface area is 157 Å². The van der Waals surface area contributed by atoms with Gasteiger partial charge in [0.1, 0.15) is 29.4 Å². The molecule has 1 aliphatic rings. The van der Waals surface area contributed by atoms with Crippen molar-refractivity contribution in [3.05, 3.63) is 41.2 Å². The van der Waals surface area contributed by atoms with E-state index in [1.807, 2.05) is 12.1 Å². The van der Waals surface area contributed by atoms with Crippen molar-refractivity contribution in [3.8, 4) is 17.1 Å². The molecule has 2 N–H and O–H groups in total. The summed E-state index contributed by atoms with van der Waals surface area (Å²) >= 11 is 0. The summed E-state index contributed by atoms with van der Waals surface area (Å²) in [5.41, 5.74) is 1.73. The van der Waals surface area contributed by atoms with Gasteiger partial charge in [-0.25, -0.2) is 4.79 Å². The number of aliphatic hydroxyl groups is 2. The fraction of sp³-hybridized carbons (Fsp3) is 0.450. The van der Waals surface area contributed by atoms with E-state index in [1.165, 1.54) is 0 Å². The molecule has 0 fully saturated rings. The molecule has 1 aliphatic carbocycles. The Hall–Kier alpha value is -2.35. The molecular formula is C20H24O7. The first-order valence-electron chi connectivity index (χ1n) is 9.00. The number of carbonyl (C=O) groups excluding carboxylic acids is 1. The van der Waals surface area contributed by atoms with E-state index >= 15 is 0 Å². The number of fused-ring (bicyclic) bond motifs is 1. The summed E-state index contributed by atoms with van der Waals surface area (Å²) in [7, 11) is 1.58. The van der Waals surface area contributed by atoms with E-state index in [9.17, 15) is 4.79 Å². The highest BCUT2D eigenvalue weighted by atomic mass is 16.5. The summed E-state index contributed by atoms with van der Waals surface area (Å²) in [5.74, 6) is 1.26. The summed E-state index contributed by atoms with van der Waals surface area (Å²) in [4.78, 5) is 12.8. The van der Waals surface area contributed by atoms with Gasteiger partial charge in [0.2, 0.25) is 0 Å². The highest BCUT2D eigenvalue weighted by Gasteiger charge is 2.34. The van der Waals surface area contributed by atoms with Gasteiger partial charge in [0.25, 0.3) is 0 Å². The third-order valence-electron chi connectivity index (χ3n) is 4.51. The van der Waals surface area contributed by atoms with Crippen LogP contribution < -0.4 is 4.74 Å². The molecule has 0 radical (unpaired) electrons. The van der Waals surface area contributed by atoms with Crippen molar-refractivity contribution in [2.75, 3.05) is 33.5 Å². The van der Waals surface area contributed by atoms with Crippen molar-refractivity contribution >= 4 is 5.97 Å². The zero-order valence-corrected chi connectivity index (χ0v) is 15.3. The van der Waals surface area contributed by atoms with Crippen LogP contribution in [0.4, 0.5) is 0 Å². The lowest BCUT2D eigenvalue weighted by molar-refractivity contribution is 0.0154. The first-order chi connectivity index (χ1) is 13.2. The first kappa shape index (κ1) is 19.4. The molecule has 0 saturated carbocycles. The third-order valence-corrected chi connectivity index (χ3v) is 4.51. The molecule has 0 saturated heterocycles. The highest BCUT2D eigenvalue weighted by Crippen LogP contribution is 2.42. The summed E-state index contributed by atoms with van der Waals surface area (Å²) < 4.78 is 22.2. The number of carbonyl (C=O) groups is 1. The topological polar surface area (TPSA) is 98.4 Å². The Bertz CT molecular complexity index is 763. The van der Waals surface area contributed by atoms with Gasteiger partial charge in [0.15, 0.2) is 0 Å². The van der Waals surface area contributed by atoms with E-state index < -0.39 is 5.97 Å². The van der Waals surface area contributed by atoms with Crippen molar-refractivity contribution < 1.29 is 33.6 Å². The highest BCUT2D eigenvalue weighted by molar-refractivity contribution is 5.98. The summed E-state index contributed by atoms with van der Waals surface area (Å²) in [5, 5.41) is 18.1. The molecule has 7 heteroatoms. The maximum absolute atomic E-state index is 12.8. The second-order valence-corrected chi connectivity index (χ2v) is 6.21. The zero-order valence-electron chi connectivity index (χ0n) is 15.3. The van der Waals surface area contributed by atoms with E-state index in [2.05, 4.69) is 0 Å². The molecule has 2 aromatic rings. The number of hydrogen-bond donors (Lipinski definition) is 2. The van der Waals surface area contributed by atoms with Crippen molar-refractivity contribution in [3.63, 3.8) is 0 Å². The Morgan fingerprint density at radius 1 is 1.19 bits per heavy atom. The lowest BCUT2D eigenvalue weighted by atomic mass is 9.91. The average Bonchev–Trinajstić information content (AvgIpc) is 3.10. The smallest absolute Gasteiger partial charge is 0.342 e. The Balaban J connectivity index is 2.06. The maximum atomic E-state index is 12.8. The molecule has 3 rings (SSSR count). The minimum Gasteiger partial charge on any atom is -0.497 e. The largest absolute Gasteiger partial charge is 0.497 e. The van der Waals surface area contributed by atoms with Gasteiger partial charge in [-0.15, -0.1) is 0 Å². The van der Waals surface area contributed by atoms with Crippen LogP contribution in [0.5, 0.6) is 5.75 Å². The van der Waals surface area contributed by atoms with Gasteiger partial charge in [-0.2, -0.15) is 0 Å². The predicted octanol–water partition coefficient (Wildman–Crippen LogP) is 2.49. The first-order valence-corrected chi connectivity index (χ1v) is 9.00. The van der Waals surface area contributed by atoms with Crippen molar-refractivity contribution in [1.29, 1.82) is 0 Å². The van der Waals surface area contributed by atoms with E-state index in [0.717, 1.165) is 18.4 Å². The van der Waals surface area contributed by atoms with Gasteiger partial charge in [-0.1, -0.05) is 0 Å².